The Kier molecular flexibility index (Phi) is 4.98. The first kappa shape index (κ1) is 15.9. The van der Waals surface area contributed by atoms with Crippen molar-refractivity contribution in [3.8, 4) is 11.5 Å². The number of aromatic hydroxyl groups is 1. The molecule has 0 amide bonds. The first-order valence-electron chi connectivity index (χ1n) is 7.06. The Balaban J connectivity index is 1.89. The minimum atomic E-state index is -4.10. The average molecular weight is 303 g/mol. The van der Waals surface area contributed by atoms with E-state index < -0.39 is 12.1 Å². The molecule has 1 aromatic carbocycles. The maximum Gasteiger partial charge on any atom is 0.391 e. The predicted molar refractivity (Wildman–Crippen MR) is 73.3 cm³/mol. The van der Waals surface area contributed by atoms with E-state index in [0.29, 0.717) is 18.7 Å². The Morgan fingerprint density at radius 3 is 2.71 bits per heavy atom. The van der Waals surface area contributed by atoms with Crippen LogP contribution in [0.2, 0.25) is 0 Å². The molecule has 21 heavy (non-hydrogen) atoms. The van der Waals surface area contributed by atoms with Gasteiger partial charge in [0.25, 0.3) is 0 Å². The van der Waals surface area contributed by atoms with E-state index in [9.17, 15) is 18.3 Å². The van der Waals surface area contributed by atoms with Gasteiger partial charge in [0.2, 0.25) is 0 Å². The summed E-state index contributed by atoms with van der Waals surface area (Å²) in [5, 5.41) is 12.8. The van der Waals surface area contributed by atoms with Gasteiger partial charge in [-0.05, 0) is 37.0 Å². The van der Waals surface area contributed by atoms with Crippen LogP contribution in [0.1, 0.15) is 31.2 Å². The fourth-order valence-corrected chi connectivity index (χ4v) is 2.78. The summed E-state index contributed by atoms with van der Waals surface area (Å²) in [7, 11) is 1.46. The van der Waals surface area contributed by atoms with Crippen molar-refractivity contribution in [2.45, 2.75) is 44.4 Å². The van der Waals surface area contributed by atoms with Gasteiger partial charge < -0.3 is 15.2 Å². The Labute approximate surface area is 122 Å². The third-order valence-electron chi connectivity index (χ3n) is 3.98. The third kappa shape index (κ3) is 4.27. The van der Waals surface area contributed by atoms with Gasteiger partial charge in [-0.15, -0.1) is 0 Å². The number of phenols is 1. The topological polar surface area (TPSA) is 41.5 Å². The highest BCUT2D eigenvalue weighted by atomic mass is 19.4. The van der Waals surface area contributed by atoms with E-state index in [1.807, 2.05) is 0 Å². The van der Waals surface area contributed by atoms with Crippen LogP contribution in [-0.4, -0.2) is 24.4 Å². The second-order valence-electron chi connectivity index (χ2n) is 5.49. The fourth-order valence-electron chi connectivity index (χ4n) is 2.78. The molecular weight excluding hydrogens is 283 g/mol. The van der Waals surface area contributed by atoms with E-state index in [0.717, 1.165) is 12.0 Å². The van der Waals surface area contributed by atoms with Crippen molar-refractivity contribution in [3.63, 3.8) is 0 Å². The Morgan fingerprint density at radius 1 is 1.33 bits per heavy atom. The molecule has 0 spiro atoms. The van der Waals surface area contributed by atoms with E-state index in [2.05, 4.69) is 5.32 Å². The zero-order valence-corrected chi connectivity index (χ0v) is 11.9. The Bertz CT molecular complexity index is 476. The van der Waals surface area contributed by atoms with Crippen LogP contribution < -0.4 is 10.1 Å². The SMILES string of the molecule is COc1ccc(CNC2CCCC(C(F)(F)F)C2)cc1O. The van der Waals surface area contributed by atoms with Crippen molar-refractivity contribution in [2.24, 2.45) is 5.92 Å². The summed E-state index contributed by atoms with van der Waals surface area (Å²) >= 11 is 0. The molecule has 1 aliphatic carbocycles. The van der Waals surface area contributed by atoms with E-state index in [-0.39, 0.29) is 24.6 Å². The molecule has 0 aromatic heterocycles. The highest BCUT2D eigenvalue weighted by Crippen LogP contribution is 2.37. The van der Waals surface area contributed by atoms with E-state index in [1.165, 1.54) is 7.11 Å². The molecule has 0 radical (unpaired) electrons. The summed E-state index contributed by atoms with van der Waals surface area (Å²) in [6, 6.07) is 4.87. The molecule has 3 nitrogen and oxygen atoms in total. The number of alkyl halides is 3. The van der Waals surface area contributed by atoms with Gasteiger partial charge in [0.15, 0.2) is 11.5 Å². The summed E-state index contributed by atoms with van der Waals surface area (Å²) in [6.07, 6.45) is -2.39. The van der Waals surface area contributed by atoms with Gasteiger partial charge in [0.1, 0.15) is 0 Å². The number of benzene rings is 1. The number of methoxy groups -OCH3 is 1. The lowest BCUT2D eigenvalue weighted by atomic mass is 9.85. The van der Waals surface area contributed by atoms with Gasteiger partial charge in [-0.1, -0.05) is 12.5 Å². The largest absolute Gasteiger partial charge is 0.504 e. The smallest absolute Gasteiger partial charge is 0.391 e. The number of phenolic OH excluding ortho intramolecular Hbond substituents is 1. The molecule has 2 atom stereocenters. The van der Waals surface area contributed by atoms with Crippen LogP contribution in [0.5, 0.6) is 11.5 Å². The van der Waals surface area contributed by atoms with Crippen LogP contribution in [0.4, 0.5) is 13.2 Å². The normalized spacial score (nSPS) is 23.0. The Hall–Kier alpha value is -1.43. The number of halogens is 3. The minimum Gasteiger partial charge on any atom is -0.504 e. The molecule has 2 unspecified atom stereocenters. The lowest BCUT2D eigenvalue weighted by Crippen LogP contribution is -2.38. The van der Waals surface area contributed by atoms with E-state index in [4.69, 9.17) is 4.74 Å². The molecular formula is C15H20F3NO2. The second kappa shape index (κ2) is 6.56. The maximum absolute atomic E-state index is 12.7. The summed E-state index contributed by atoms with van der Waals surface area (Å²) in [5.41, 5.74) is 0.822. The van der Waals surface area contributed by atoms with Crippen molar-refractivity contribution in [1.82, 2.24) is 5.32 Å². The molecule has 1 aliphatic rings. The lowest BCUT2D eigenvalue weighted by Gasteiger charge is -2.31. The van der Waals surface area contributed by atoms with Gasteiger partial charge in [0.05, 0.1) is 13.0 Å². The molecule has 1 fully saturated rings. The van der Waals surface area contributed by atoms with Crippen molar-refractivity contribution in [1.29, 1.82) is 0 Å². The van der Waals surface area contributed by atoms with E-state index in [1.54, 1.807) is 18.2 Å². The summed E-state index contributed by atoms with van der Waals surface area (Å²) in [5.74, 6) is -0.782. The summed E-state index contributed by atoms with van der Waals surface area (Å²) < 4.78 is 43.2. The highest BCUT2D eigenvalue weighted by molar-refractivity contribution is 5.41. The monoisotopic (exact) mass is 303 g/mol. The molecule has 0 aliphatic heterocycles. The van der Waals surface area contributed by atoms with Gasteiger partial charge in [-0.3, -0.25) is 0 Å². The standard InChI is InChI=1S/C15H20F3NO2/c1-21-14-6-5-10(7-13(14)20)9-19-12-4-2-3-11(8-12)15(16,17)18/h5-7,11-12,19-20H,2-4,8-9H2,1H3. The molecule has 0 saturated heterocycles. The number of hydrogen-bond acceptors (Lipinski definition) is 3. The predicted octanol–water partition coefficient (Wildman–Crippen LogP) is 3.61. The fraction of sp³-hybridized carbons (Fsp3) is 0.600. The molecule has 2 rings (SSSR count). The van der Waals surface area contributed by atoms with Crippen LogP contribution in [-0.2, 0) is 6.54 Å². The molecule has 118 valence electrons. The van der Waals surface area contributed by atoms with Crippen molar-refractivity contribution in [2.75, 3.05) is 7.11 Å². The molecule has 1 aromatic rings. The molecule has 1 saturated carbocycles. The van der Waals surface area contributed by atoms with Gasteiger partial charge in [-0.25, -0.2) is 0 Å². The number of rotatable bonds is 4. The molecule has 2 N–H and O–H groups in total. The maximum atomic E-state index is 12.7. The third-order valence-corrected chi connectivity index (χ3v) is 3.98. The Morgan fingerprint density at radius 2 is 2.10 bits per heavy atom. The zero-order valence-electron chi connectivity index (χ0n) is 11.9. The summed E-state index contributed by atoms with van der Waals surface area (Å²) in [6.45, 7) is 0.437. The van der Waals surface area contributed by atoms with E-state index >= 15 is 0 Å². The minimum absolute atomic E-state index is 0.0358. The molecule has 0 heterocycles. The van der Waals surface area contributed by atoms with Gasteiger partial charge in [0, 0.05) is 12.6 Å². The van der Waals surface area contributed by atoms with Gasteiger partial charge >= 0.3 is 6.18 Å². The van der Waals surface area contributed by atoms with Crippen LogP contribution in [0.15, 0.2) is 18.2 Å². The quantitative estimate of drug-likeness (QED) is 0.893. The van der Waals surface area contributed by atoms with Gasteiger partial charge in [-0.2, -0.15) is 13.2 Å². The molecule has 0 bridgehead atoms. The second-order valence-corrected chi connectivity index (χ2v) is 5.49. The number of ether oxygens (including phenoxy) is 1. The van der Waals surface area contributed by atoms with Crippen LogP contribution in [0.3, 0.4) is 0 Å². The zero-order chi connectivity index (χ0) is 15.5. The number of nitrogens with one attached hydrogen (secondary N) is 1. The molecule has 6 heteroatoms. The average Bonchev–Trinajstić information content (AvgIpc) is 2.45. The van der Waals surface area contributed by atoms with Crippen molar-refractivity contribution < 1.29 is 23.0 Å². The first-order chi connectivity index (χ1) is 9.90. The highest BCUT2D eigenvalue weighted by Gasteiger charge is 2.41. The first-order valence-corrected chi connectivity index (χ1v) is 7.06. The van der Waals surface area contributed by atoms with Crippen LogP contribution in [0, 0.1) is 5.92 Å². The van der Waals surface area contributed by atoms with Crippen LogP contribution >= 0.6 is 0 Å². The van der Waals surface area contributed by atoms with Crippen LogP contribution in [0.25, 0.3) is 0 Å². The van der Waals surface area contributed by atoms with Crippen molar-refractivity contribution >= 4 is 0 Å². The lowest BCUT2D eigenvalue weighted by molar-refractivity contribution is -0.183. The summed E-state index contributed by atoms with van der Waals surface area (Å²) in [4.78, 5) is 0. The number of hydrogen-bond donors (Lipinski definition) is 2. The van der Waals surface area contributed by atoms with Crippen molar-refractivity contribution in [3.05, 3.63) is 23.8 Å².